The molecule has 2 fully saturated rings. The summed E-state index contributed by atoms with van der Waals surface area (Å²) < 4.78 is 81.2. The summed E-state index contributed by atoms with van der Waals surface area (Å²) in [4.78, 5) is 33.2. The third-order valence-corrected chi connectivity index (χ3v) is 8.37. The first-order chi connectivity index (χ1) is 19.8. The molecule has 2 aliphatic rings. The molecular weight excluding hydrogens is 560 g/mol. The molecule has 1 aromatic heterocycles. The summed E-state index contributed by atoms with van der Waals surface area (Å²) >= 11 is 0. The number of nitrogens with one attached hydrogen (secondary N) is 1. The first-order valence-electron chi connectivity index (χ1n) is 14.0. The van der Waals surface area contributed by atoms with Crippen molar-refractivity contribution >= 4 is 22.7 Å². The van der Waals surface area contributed by atoms with Gasteiger partial charge in [0.05, 0.1) is 17.2 Å². The number of aromatic amines is 1. The fraction of sp³-hybridized carbons (Fsp3) is 0.419. The van der Waals surface area contributed by atoms with E-state index in [1.807, 2.05) is 24.3 Å². The number of fused-ring (bicyclic) bond motifs is 1. The van der Waals surface area contributed by atoms with Gasteiger partial charge in [-0.3, -0.25) is 9.59 Å². The van der Waals surface area contributed by atoms with Crippen LogP contribution in [0, 0.1) is 5.92 Å². The van der Waals surface area contributed by atoms with Gasteiger partial charge in [0, 0.05) is 47.9 Å². The van der Waals surface area contributed by atoms with Gasteiger partial charge in [0.1, 0.15) is 0 Å². The molecule has 0 unspecified atom stereocenters. The molecule has 1 aliphatic carbocycles. The molecule has 1 saturated carbocycles. The van der Waals surface area contributed by atoms with Gasteiger partial charge < -0.3 is 14.8 Å². The number of rotatable bonds is 5. The quantitative estimate of drug-likeness (QED) is 0.251. The molecule has 0 bridgehead atoms. The van der Waals surface area contributed by atoms with Crippen molar-refractivity contribution < 1.29 is 35.9 Å². The van der Waals surface area contributed by atoms with Gasteiger partial charge in [0.15, 0.2) is 0 Å². The lowest BCUT2D eigenvalue weighted by Crippen LogP contribution is -2.57. The van der Waals surface area contributed by atoms with E-state index in [2.05, 4.69) is 11.6 Å². The summed E-state index contributed by atoms with van der Waals surface area (Å²) in [7, 11) is 0. The van der Waals surface area contributed by atoms with E-state index in [1.54, 1.807) is 11.1 Å². The van der Waals surface area contributed by atoms with Crippen LogP contribution in [0.3, 0.4) is 0 Å². The lowest BCUT2D eigenvalue weighted by Gasteiger charge is -2.42. The lowest BCUT2D eigenvalue weighted by molar-refractivity contribution is -0.143. The minimum atomic E-state index is -5.08. The van der Waals surface area contributed by atoms with Crippen LogP contribution in [0.2, 0.25) is 0 Å². The van der Waals surface area contributed by atoms with Gasteiger partial charge >= 0.3 is 12.4 Å². The number of nitrogens with zero attached hydrogens (tertiary/aromatic N) is 2. The first kappa shape index (κ1) is 29.7. The molecule has 11 heteroatoms. The minimum absolute atomic E-state index is 0.00762. The van der Waals surface area contributed by atoms with Crippen molar-refractivity contribution in [1.82, 2.24) is 14.8 Å². The van der Waals surface area contributed by atoms with Crippen molar-refractivity contribution in [2.24, 2.45) is 5.92 Å². The molecule has 1 atom stereocenters. The number of H-pyrrole nitrogens is 1. The standard InChI is InChI=1S/C31H31F6N3O2/c1-19(20-7-3-2-4-8-20)28(41)39-11-12-40(25(18-39)15-22-17-38-27-10-6-5-9-26(22)27)29(42)21-13-23(30(32,33)34)16-24(14-21)31(35,36)37/h5-6,9-10,13-14,16-17,20,25,38H,1-4,7-8,11-12,15,18H2/t25-/m1/s1. The summed E-state index contributed by atoms with van der Waals surface area (Å²) in [6.45, 7) is 4.18. The molecule has 3 aromatic rings. The van der Waals surface area contributed by atoms with Crippen LogP contribution < -0.4 is 0 Å². The second-order valence-corrected chi connectivity index (χ2v) is 11.1. The number of amides is 2. The average Bonchev–Trinajstić information content (AvgIpc) is 3.38. The van der Waals surface area contributed by atoms with E-state index in [4.69, 9.17) is 0 Å². The first-order valence-corrected chi connectivity index (χ1v) is 14.0. The van der Waals surface area contributed by atoms with E-state index in [0.29, 0.717) is 17.7 Å². The Hall–Kier alpha value is -3.76. The molecule has 1 saturated heterocycles. The van der Waals surface area contributed by atoms with Crippen LogP contribution in [0.4, 0.5) is 26.3 Å². The number of piperazine rings is 1. The normalized spacial score (nSPS) is 18.9. The third-order valence-electron chi connectivity index (χ3n) is 8.37. The molecule has 2 heterocycles. The highest BCUT2D eigenvalue weighted by Crippen LogP contribution is 2.37. The van der Waals surface area contributed by atoms with E-state index < -0.39 is 41.0 Å². The Bertz CT molecular complexity index is 1450. The van der Waals surface area contributed by atoms with Gasteiger partial charge in [0.2, 0.25) is 5.91 Å². The SMILES string of the molecule is C=C(C(=O)N1CCN(C(=O)c2cc(C(F)(F)F)cc(C(F)(F)F)c2)[C@H](Cc2c[nH]c3ccccc23)C1)C1CCCCC1. The molecule has 5 rings (SSSR count). The van der Waals surface area contributed by atoms with Gasteiger partial charge in [-0.05, 0) is 55.0 Å². The number of carbonyl (C=O) groups is 2. The maximum absolute atomic E-state index is 13.7. The van der Waals surface area contributed by atoms with Crippen molar-refractivity contribution in [2.75, 3.05) is 19.6 Å². The zero-order chi connectivity index (χ0) is 30.2. The van der Waals surface area contributed by atoms with E-state index >= 15 is 0 Å². The van der Waals surface area contributed by atoms with Crippen LogP contribution >= 0.6 is 0 Å². The largest absolute Gasteiger partial charge is 0.416 e. The summed E-state index contributed by atoms with van der Waals surface area (Å²) in [6.07, 6.45) is -3.27. The zero-order valence-corrected chi connectivity index (χ0v) is 22.8. The molecular formula is C31H31F6N3O2. The highest BCUT2D eigenvalue weighted by atomic mass is 19.4. The number of carbonyl (C=O) groups excluding carboxylic acids is 2. The van der Waals surface area contributed by atoms with Crippen molar-refractivity contribution in [3.05, 3.63) is 83.1 Å². The van der Waals surface area contributed by atoms with Crippen LogP contribution in [-0.4, -0.2) is 52.3 Å². The van der Waals surface area contributed by atoms with Crippen molar-refractivity contribution in [2.45, 2.75) is 56.9 Å². The molecule has 1 aliphatic heterocycles. The highest BCUT2D eigenvalue weighted by molar-refractivity contribution is 5.96. The van der Waals surface area contributed by atoms with Crippen LogP contribution in [0.5, 0.6) is 0 Å². The van der Waals surface area contributed by atoms with Crippen LogP contribution in [0.25, 0.3) is 10.9 Å². The molecule has 0 spiro atoms. The Kier molecular flexibility index (Phi) is 8.13. The van der Waals surface area contributed by atoms with Gasteiger partial charge in [-0.15, -0.1) is 0 Å². The fourth-order valence-corrected chi connectivity index (χ4v) is 6.11. The van der Waals surface area contributed by atoms with Gasteiger partial charge in [-0.2, -0.15) is 26.3 Å². The highest BCUT2D eigenvalue weighted by Gasteiger charge is 2.40. The van der Waals surface area contributed by atoms with Crippen molar-refractivity contribution in [3.8, 4) is 0 Å². The van der Waals surface area contributed by atoms with E-state index in [9.17, 15) is 35.9 Å². The van der Waals surface area contributed by atoms with Crippen LogP contribution in [0.1, 0.15) is 59.2 Å². The predicted molar refractivity (Wildman–Crippen MR) is 146 cm³/mol. The fourth-order valence-electron chi connectivity index (χ4n) is 6.11. The topological polar surface area (TPSA) is 56.4 Å². The molecule has 224 valence electrons. The number of aromatic nitrogens is 1. The zero-order valence-electron chi connectivity index (χ0n) is 22.8. The number of benzene rings is 2. The van der Waals surface area contributed by atoms with Crippen LogP contribution in [-0.2, 0) is 23.6 Å². The van der Waals surface area contributed by atoms with E-state index in [-0.39, 0.29) is 43.9 Å². The van der Waals surface area contributed by atoms with E-state index in [0.717, 1.165) is 48.6 Å². The Morgan fingerprint density at radius 1 is 0.905 bits per heavy atom. The second kappa shape index (κ2) is 11.5. The lowest BCUT2D eigenvalue weighted by atomic mass is 9.83. The maximum Gasteiger partial charge on any atom is 0.416 e. The summed E-state index contributed by atoms with van der Waals surface area (Å²) in [5.74, 6) is -1.10. The average molecular weight is 592 g/mol. The Labute approximate surface area is 239 Å². The molecule has 1 N–H and O–H groups in total. The smallest absolute Gasteiger partial charge is 0.361 e. The number of hydrogen-bond donors (Lipinski definition) is 1. The molecule has 5 nitrogen and oxygen atoms in total. The number of para-hydroxylation sites is 1. The molecule has 2 aromatic carbocycles. The Balaban J connectivity index is 1.47. The van der Waals surface area contributed by atoms with Crippen molar-refractivity contribution in [3.63, 3.8) is 0 Å². The number of hydrogen-bond acceptors (Lipinski definition) is 2. The summed E-state index contributed by atoms with van der Waals surface area (Å²) in [5.41, 5.74) is -1.64. The molecule has 0 radical (unpaired) electrons. The van der Waals surface area contributed by atoms with E-state index in [1.165, 1.54) is 4.90 Å². The van der Waals surface area contributed by atoms with Gasteiger partial charge in [-0.25, -0.2) is 0 Å². The minimum Gasteiger partial charge on any atom is -0.361 e. The second-order valence-electron chi connectivity index (χ2n) is 11.1. The van der Waals surface area contributed by atoms with Crippen molar-refractivity contribution in [1.29, 1.82) is 0 Å². The third kappa shape index (κ3) is 6.19. The van der Waals surface area contributed by atoms with Gasteiger partial charge in [-0.1, -0.05) is 44.0 Å². The molecule has 42 heavy (non-hydrogen) atoms. The van der Waals surface area contributed by atoms with Crippen LogP contribution in [0.15, 0.2) is 60.8 Å². The summed E-state index contributed by atoms with van der Waals surface area (Å²) in [6, 6.07) is 7.67. The predicted octanol–water partition coefficient (Wildman–Crippen LogP) is 7.24. The summed E-state index contributed by atoms with van der Waals surface area (Å²) in [5, 5.41) is 0.874. The number of halogens is 6. The molecule has 2 amide bonds. The Morgan fingerprint density at radius 2 is 1.55 bits per heavy atom. The Morgan fingerprint density at radius 3 is 2.19 bits per heavy atom. The van der Waals surface area contributed by atoms with Gasteiger partial charge in [0.25, 0.3) is 5.91 Å². The monoisotopic (exact) mass is 591 g/mol. The number of alkyl halides is 6. The maximum atomic E-state index is 13.7.